The van der Waals surface area contributed by atoms with E-state index in [1.807, 2.05) is 25.1 Å². The Labute approximate surface area is 123 Å². The van der Waals surface area contributed by atoms with Crippen molar-refractivity contribution in [2.24, 2.45) is 0 Å². The smallest absolute Gasteiger partial charge is 0.322 e. The van der Waals surface area contributed by atoms with E-state index in [-0.39, 0.29) is 11.7 Å². The normalized spacial score (nSPS) is 10.2. The third kappa shape index (κ3) is 3.72. The number of rotatable bonds is 4. The quantitative estimate of drug-likeness (QED) is 0.846. The van der Waals surface area contributed by atoms with Crippen LogP contribution in [0.15, 0.2) is 48.5 Å². The maximum absolute atomic E-state index is 13.6. The number of amides is 2. The van der Waals surface area contributed by atoms with Gasteiger partial charge in [-0.2, -0.15) is 0 Å². The number of nitrogens with two attached hydrogens (primary N) is 1. The van der Waals surface area contributed by atoms with Gasteiger partial charge in [-0.05, 0) is 30.7 Å². The van der Waals surface area contributed by atoms with E-state index in [0.717, 1.165) is 5.56 Å². The van der Waals surface area contributed by atoms with Crippen molar-refractivity contribution in [3.63, 3.8) is 0 Å². The topological polar surface area (TPSA) is 58.4 Å². The zero-order chi connectivity index (χ0) is 15.2. The van der Waals surface area contributed by atoms with Crippen LogP contribution < -0.4 is 11.1 Å². The summed E-state index contributed by atoms with van der Waals surface area (Å²) in [6, 6.07) is 13.1. The number of carbonyl (C=O) groups is 1. The van der Waals surface area contributed by atoms with Gasteiger partial charge in [0.15, 0.2) is 0 Å². The first-order valence-corrected chi connectivity index (χ1v) is 6.75. The molecule has 0 heterocycles. The summed E-state index contributed by atoms with van der Waals surface area (Å²) in [4.78, 5) is 13.8. The van der Waals surface area contributed by atoms with Crippen molar-refractivity contribution in [2.75, 3.05) is 17.6 Å². The molecule has 0 aliphatic rings. The van der Waals surface area contributed by atoms with Crippen LogP contribution in [0.3, 0.4) is 0 Å². The molecule has 5 heteroatoms. The molecule has 0 unspecified atom stereocenters. The van der Waals surface area contributed by atoms with Gasteiger partial charge >= 0.3 is 6.03 Å². The minimum Gasteiger partial charge on any atom is -0.398 e. The molecule has 0 radical (unpaired) electrons. The van der Waals surface area contributed by atoms with E-state index in [0.29, 0.717) is 18.8 Å². The van der Waals surface area contributed by atoms with Crippen LogP contribution in [-0.4, -0.2) is 17.5 Å². The molecule has 0 saturated heterocycles. The van der Waals surface area contributed by atoms with E-state index in [1.165, 1.54) is 12.1 Å². The van der Waals surface area contributed by atoms with Gasteiger partial charge in [0.2, 0.25) is 0 Å². The van der Waals surface area contributed by atoms with E-state index >= 15 is 0 Å². The molecule has 0 aliphatic carbocycles. The molecule has 0 atom stereocenters. The van der Waals surface area contributed by atoms with Crippen molar-refractivity contribution in [2.45, 2.75) is 13.5 Å². The van der Waals surface area contributed by atoms with Gasteiger partial charge in [-0.1, -0.05) is 30.3 Å². The lowest BCUT2D eigenvalue weighted by atomic mass is 10.1. The van der Waals surface area contributed by atoms with E-state index in [9.17, 15) is 9.18 Å². The molecule has 0 spiro atoms. The highest BCUT2D eigenvalue weighted by molar-refractivity contribution is 5.89. The number of hydrogen-bond acceptors (Lipinski definition) is 2. The fourth-order valence-corrected chi connectivity index (χ4v) is 1.97. The summed E-state index contributed by atoms with van der Waals surface area (Å²) in [6.07, 6.45) is 0. The second-order valence-electron chi connectivity index (χ2n) is 4.62. The fraction of sp³-hybridized carbons (Fsp3) is 0.188. The SMILES string of the molecule is CCN(Cc1ccccc1N)C(=O)Nc1ccccc1F. The van der Waals surface area contributed by atoms with Crippen LogP contribution >= 0.6 is 0 Å². The van der Waals surface area contributed by atoms with Crippen LogP contribution in [0.5, 0.6) is 0 Å². The number of nitrogens with zero attached hydrogens (tertiary/aromatic N) is 1. The lowest BCUT2D eigenvalue weighted by Crippen LogP contribution is -2.34. The maximum Gasteiger partial charge on any atom is 0.322 e. The minimum atomic E-state index is -0.457. The number of nitrogens with one attached hydrogen (secondary N) is 1. The van der Waals surface area contributed by atoms with E-state index in [1.54, 1.807) is 23.1 Å². The van der Waals surface area contributed by atoms with Gasteiger partial charge in [-0.25, -0.2) is 9.18 Å². The standard InChI is InChI=1S/C16H18FN3O/c1-2-20(11-12-7-3-5-9-14(12)18)16(21)19-15-10-6-4-8-13(15)17/h3-10H,2,11,18H2,1H3,(H,19,21). The van der Waals surface area contributed by atoms with Crippen molar-refractivity contribution < 1.29 is 9.18 Å². The first-order valence-electron chi connectivity index (χ1n) is 6.75. The van der Waals surface area contributed by atoms with Crippen LogP contribution in [0, 0.1) is 5.82 Å². The molecule has 2 aromatic carbocycles. The molecule has 2 rings (SSSR count). The number of benzene rings is 2. The molecule has 3 N–H and O–H groups in total. The molecule has 2 aromatic rings. The van der Waals surface area contributed by atoms with Crippen molar-refractivity contribution in [1.29, 1.82) is 0 Å². The molecule has 0 saturated carbocycles. The predicted molar refractivity (Wildman–Crippen MR) is 82.4 cm³/mol. The molecule has 4 nitrogen and oxygen atoms in total. The van der Waals surface area contributed by atoms with Crippen molar-refractivity contribution in [1.82, 2.24) is 4.90 Å². The summed E-state index contributed by atoms with van der Waals surface area (Å²) in [5.74, 6) is -0.457. The Balaban J connectivity index is 2.09. The molecule has 0 fully saturated rings. The van der Waals surface area contributed by atoms with E-state index in [4.69, 9.17) is 5.73 Å². The summed E-state index contributed by atoms with van der Waals surface area (Å²) in [7, 11) is 0. The third-order valence-electron chi connectivity index (χ3n) is 3.20. The van der Waals surface area contributed by atoms with Gasteiger partial charge in [0.25, 0.3) is 0 Å². The number of anilines is 2. The Hall–Kier alpha value is -2.56. The lowest BCUT2D eigenvalue weighted by molar-refractivity contribution is 0.212. The third-order valence-corrected chi connectivity index (χ3v) is 3.20. The van der Waals surface area contributed by atoms with Gasteiger partial charge < -0.3 is 16.0 Å². The second-order valence-corrected chi connectivity index (χ2v) is 4.62. The molecular formula is C16H18FN3O. The number of carbonyl (C=O) groups excluding carboxylic acids is 1. The van der Waals surface area contributed by atoms with Crippen LogP contribution in [0.4, 0.5) is 20.6 Å². The van der Waals surface area contributed by atoms with Crippen LogP contribution in [-0.2, 0) is 6.54 Å². The van der Waals surface area contributed by atoms with Crippen LogP contribution in [0.25, 0.3) is 0 Å². The monoisotopic (exact) mass is 287 g/mol. The zero-order valence-electron chi connectivity index (χ0n) is 11.8. The number of halogens is 1. The Morgan fingerprint density at radius 2 is 1.86 bits per heavy atom. The van der Waals surface area contributed by atoms with E-state index < -0.39 is 5.82 Å². The highest BCUT2D eigenvalue weighted by Crippen LogP contribution is 2.16. The predicted octanol–water partition coefficient (Wildman–Crippen LogP) is 3.46. The summed E-state index contributed by atoms with van der Waals surface area (Å²) in [5.41, 5.74) is 7.55. The van der Waals surface area contributed by atoms with Gasteiger partial charge in [-0.3, -0.25) is 0 Å². The summed E-state index contributed by atoms with van der Waals surface area (Å²) in [5, 5.41) is 2.57. The molecule has 0 aliphatic heterocycles. The highest BCUT2D eigenvalue weighted by atomic mass is 19.1. The van der Waals surface area contributed by atoms with Crippen LogP contribution in [0.2, 0.25) is 0 Å². The Morgan fingerprint density at radius 1 is 1.19 bits per heavy atom. The number of urea groups is 1. The molecule has 0 aromatic heterocycles. The largest absolute Gasteiger partial charge is 0.398 e. The summed E-state index contributed by atoms with van der Waals surface area (Å²) >= 11 is 0. The maximum atomic E-state index is 13.6. The molecule has 2 amide bonds. The number of nitrogen functional groups attached to an aromatic ring is 1. The van der Waals surface area contributed by atoms with Crippen molar-refractivity contribution in [3.05, 3.63) is 59.9 Å². The summed E-state index contributed by atoms with van der Waals surface area (Å²) in [6.45, 7) is 2.73. The lowest BCUT2D eigenvalue weighted by Gasteiger charge is -2.22. The minimum absolute atomic E-state index is 0.169. The fourth-order valence-electron chi connectivity index (χ4n) is 1.97. The first kappa shape index (κ1) is 14.8. The Bertz CT molecular complexity index is 630. The summed E-state index contributed by atoms with van der Waals surface area (Å²) < 4.78 is 13.6. The van der Waals surface area contributed by atoms with Gasteiger partial charge in [0.05, 0.1) is 5.69 Å². The Kier molecular flexibility index (Phi) is 4.77. The van der Waals surface area contributed by atoms with Gasteiger partial charge in [0.1, 0.15) is 5.82 Å². The number of para-hydroxylation sites is 2. The average Bonchev–Trinajstić information content (AvgIpc) is 2.48. The molecular weight excluding hydrogens is 269 g/mol. The second kappa shape index (κ2) is 6.74. The highest BCUT2D eigenvalue weighted by Gasteiger charge is 2.14. The zero-order valence-corrected chi connectivity index (χ0v) is 11.8. The Morgan fingerprint density at radius 3 is 2.52 bits per heavy atom. The first-order chi connectivity index (χ1) is 10.1. The molecule has 0 bridgehead atoms. The van der Waals surface area contributed by atoms with Crippen molar-refractivity contribution >= 4 is 17.4 Å². The van der Waals surface area contributed by atoms with Crippen LogP contribution in [0.1, 0.15) is 12.5 Å². The number of hydrogen-bond donors (Lipinski definition) is 2. The molecule has 21 heavy (non-hydrogen) atoms. The van der Waals surface area contributed by atoms with E-state index in [2.05, 4.69) is 5.32 Å². The van der Waals surface area contributed by atoms with Crippen molar-refractivity contribution in [3.8, 4) is 0 Å². The average molecular weight is 287 g/mol. The van der Waals surface area contributed by atoms with Gasteiger partial charge in [-0.15, -0.1) is 0 Å². The molecule has 110 valence electrons. The van der Waals surface area contributed by atoms with Gasteiger partial charge in [0, 0.05) is 18.8 Å².